The van der Waals surface area contributed by atoms with Gasteiger partial charge < -0.3 is 19.7 Å². The van der Waals surface area contributed by atoms with Gasteiger partial charge in [0.15, 0.2) is 0 Å². The van der Waals surface area contributed by atoms with Crippen molar-refractivity contribution in [1.82, 2.24) is 24.3 Å². The Morgan fingerprint density at radius 2 is 1.82 bits per heavy atom. The predicted molar refractivity (Wildman–Crippen MR) is 150 cm³/mol. The fraction of sp³-hybridized carbons (Fsp3) is 0.462. The van der Waals surface area contributed by atoms with Crippen molar-refractivity contribution in [3.8, 4) is 22.6 Å². The number of pyridine rings is 1. The summed E-state index contributed by atoms with van der Waals surface area (Å²) in [6, 6.07) is 3.71. The summed E-state index contributed by atoms with van der Waals surface area (Å²) in [6.45, 7) is 8.07. The van der Waals surface area contributed by atoms with Crippen LogP contribution in [0.1, 0.15) is 20.8 Å². The number of amides is 1. The lowest BCUT2D eigenvalue weighted by Crippen LogP contribution is -2.62. The smallest absolute Gasteiger partial charge is 0.260 e. The number of hydrogen-bond acceptors (Lipinski definition) is 8. The van der Waals surface area contributed by atoms with E-state index in [1.54, 1.807) is 36.9 Å². The van der Waals surface area contributed by atoms with Crippen LogP contribution in [0.2, 0.25) is 10.0 Å². The van der Waals surface area contributed by atoms with Crippen molar-refractivity contribution in [1.29, 1.82) is 0 Å². The summed E-state index contributed by atoms with van der Waals surface area (Å²) in [6.07, 6.45) is 1.66. The molecule has 38 heavy (non-hydrogen) atoms. The molecule has 0 radical (unpaired) electrons. The van der Waals surface area contributed by atoms with E-state index in [1.165, 1.54) is 14.2 Å². The number of nitrogens with one attached hydrogen (secondary N) is 1. The Morgan fingerprint density at radius 3 is 2.34 bits per heavy atom. The number of carbonyl (C=O) groups excluding carboxylic acids is 1. The van der Waals surface area contributed by atoms with Crippen molar-refractivity contribution in [3.05, 3.63) is 38.7 Å². The van der Waals surface area contributed by atoms with Gasteiger partial charge in [0, 0.05) is 75.4 Å². The van der Waals surface area contributed by atoms with E-state index >= 15 is 0 Å². The van der Waals surface area contributed by atoms with Crippen molar-refractivity contribution >= 4 is 46.1 Å². The molecule has 1 aliphatic heterocycles. The van der Waals surface area contributed by atoms with E-state index in [0.717, 1.165) is 0 Å². The van der Waals surface area contributed by atoms with Crippen LogP contribution in [-0.2, 0) is 11.3 Å². The van der Waals surface area contributed by atoms with Gasteiger partial charge in [0.25, 0.3) is 5.56 Å². The highest BCUT2D eigenvalue weighted by molar-refractivity contribution is 6.41. The van der Waals surface area contributed by atoms with Crippen molar-refractivity contribution in [3.63, 3.8) is 0 Å². The third kappa shape index (κ3) is 5.12. The van der Waals surface area contributed by atoms with Gasteiger partial charge in [-0.3, -0.25) is 19.1 Å². The van der Waals surface area contributed by atoms with Crippen LogP contribution in [0.3, 0.4) is 0 Å². The van der Waals surface area contributed by atoms with E-state index in [1.807, 2.05) is 4.90 Å². The highest BCUT2D eigenvalue weighted by atomic mass is 35.5. The molecule has 1 aliphatic rings. The highest BCUT2D eigenvalue weighted by Gasteiger charge is 2.34. The number of rotatable bonds is 9. The van der Waals surface area contributed by atoms with E-state index in [-0.39, 0.29) is 39.2 Å². The van der Waals surface area contributed by atoms with Crippen LogP contribution >= 0.6 is 23.2 Å². The van der Waals surface area contributed by atoms with Crippen molar-refractivity contribution in [2.45, 2.75) is 39.4 Å². The number of ether oxygens (including phenoxy) is 2. The maximum Gasteiger partial charge on any atom is 0.260 e. The molecule has 1 aromatic carbocycles. The Labute approximate surface area is 231 Å². The fourth-order valence-corrected chi connectivity index (χ4v) is 5.49. The lowest BCUT2D eigenvalue weighted by molar-refractivity contribution is -0.136. The van der Waals surface area contributed by atoms with Crippen LogP contribution in [-0.4, -0.2) is 83.2 Å². The van der Waals surface area contributed by atoms with Gasteiger partial charge in [-0.15, -0.1) is 0 Å². The molecule has 2 aromatic heterocycles. The predicted octanol–water partition coefficient (Wildman–Crippen LogP) is 3.77. The average molecular weight is 563 g/mol. The Bertz CT molecular complexity index is 1390. The number of halogens is 2. The minimum absolute atomic E-state index is 0.0682. The molecule has 4 rings (SSSR count). The summed E-state index contributed by atoms with van der Waals surface area (Å²) in [5.41, 5.74) is 0.788. The first-order chi connectivity index (χ1) is 18.1. The standard InChI is InChI=1S/C26H32Cl2N6O4/c1-14(2)33(17-12-32(13-17)15(3)35)7-8-34-24-16(11-30-26(29-4)31-24)9-18(25(34)36)21-22(27)19(37-5)10-20(38-6)23(21)28/h9-11,14,17H,7-8,12-13H2,1-6H3,(H,29,30,31). The van der Waals surface area contributed by atoms with Crippen LogP contribution in [0.25, 0.3) is 22.2 Å². The Morgan fingerprint density at radius 1 is 1.18 bits per heavy atom. The minimum atomic E-state index is -0.306. The summed E-state index contributed by atoms with van der Waals surface area (Å²) in [7, 11) is 4.69. The van der Waals surface area contributed by atoms with Crippen molar-refractivity contribution in [2.24, 2.45) is 0 Å². The summed E-state index contributed by atoms with van der Waals surface area (Å²) < 4.78 is 12.5. The molecular weight excluding hydrogens is 531 g/mol. The molecule has 10 nitrogen and oxygen atoms in total. The first-order valence-electron chi connectivity index (χ1n) is 12.3. The quantitative estimate of drug-likeness (QED) is 0.420. The minimum Gasteiger partial charge on any atom is -0.495 e. The molecular formula is C26H32Cl2N6O4. The van der Waals surface area contributed by atoms with Gasteiger partial charge >= 0.3 is 0 Å². The van der Waals surface area contributed by atoms with Gasteiger partial charge in [-0.05, 0) is 19.9 Å². The number of nitrogens with zero attached hydrogens (tertiary/aromatic N) is 5. The Hall–Kier alpha value is -3.08. The summed E-state index contributed by atoms with van der Waals surface area (Å²) in [4.78, 5) is 38.8. The number of fused-ring (bicyclic) bond motifs is 1. The van der Waals surface area contributed by atoms with Crippen molar-refractivity contribution < 1.29 is 14.3 Å². The van der Waals surface area contributed by atoms with E-state index in [9.17, 15) is 9.59 Å². The van der Waals surface area contributed by atoms with Gasteiger partial charge in [0.1, 0.15) is 17.1 Å². The normalized spacial score (nSPS) is 13.8. The van der Waals surface area contributed by atoms with E-state index in [2.05, 4.69) is 34.0 Å². The molecule has 1 fully saturated rings. The van der Waals surface area contributed by atoms with E-state index < -0.39 is 0 Å². The lowest BCUT2D eigenvalue weighted by Gasteiger charge is -2.46. The van der Waals surface area contributed by atoms with Gasteiger partial charge in [0.2, 0.25) is 11.9 Å². The number of likely N-dealkylation sites (tertiary alicyclic amines) is 1. The molecule has 0 atom stereocenters. The molecule has 0 bridgehead atoms. The average Bonchev–Trinajstić information content (AvgIpc) is 2.86. The van der Waals surface area contributed by atoms with Crippen LogP contribution < -0.4 is 20.3 Å². The van der Waals surface area contributed by atoms with Gasteiger partial charge in [-0.25, -0.2) is 4.98 Å². The maximum absolute atomic E-state index is 14.1. The maximum atomic E-state index is 14.1. The number of anilines is 1. The van der Waals surface area contributed by atoms with Crippen LogP contribution in [0.5, 0.6) is 11.5 Å². The van der Waals surface area contributed by atoms with Gasteiger partial charge in [-0.2, -0.15) is 4.98 Å². The molecule has 3 aromatic rings. The first kappa shape index (κ1) is 27.9. The largest absolute Gasteiger partial charge is 0.495 e. The zero-order valence-electron chi connectivity index (χ0n) is 22.3. The molecule has 1 N–H and O–H groups in total. The molecule has 0 unspecified atom stereocenters. The monoisotopic (exact) mass is 562 g/mol. The Kier molecular flexibility index (Phi) is 8.34. The summed E-state index contributed by atoms with van der Waals surface area (Å²) in [5, 5.41) is 3.99. The van der Waals surface area contributed by atoms with E-state index in [4.69, 9.17) is 32.7 Å². The van der Waals surface area contributed by atoms with E-state index in [0.29, 0.717) is 60.2 Å². The molecule has 0 spiro atoms. The van der Waals surface area contributed by atoms with Crippen LogP contribution in [0.4, 0.5) is 5.95 Å². The molecule has 0 aliphatic carbocycles. The number of carbonyl (C=O) groups is 1. The lowest BCUT2D eigenvalue weighted by atomic mass is 10.0. The fourth-order valence-electron chi connectivity index (χ4n) is 4.79. The van der Waals surface area contributed by atoms with Gasteiger partial charge in [-0.1, -0.05) is 23.2 Å². The SMILES string of the molecule is CNc1ncc2cc(-c3c(Cl)c(OC)cc(OC)c3Cl)c(=O)n(CCN(C(C)C)C3CN(C(C)=O)C3)c2n1. The topological polar surface area (TPSA) is 102 Å². The second-order valence-electron chi connectivity index (χ2n) is 9.43. The van der Waals surface area contributed by atoms with Gasteiger partial charge in [0.05, 0.1) is 29.8 Å². The summed E-state index contributed by atoms with van der Waals surface area (Å²) in [5.74, 6) is 1.14. The number of aromatic nitrogens is 3. The summed E-state index contributed by atoms with van der Waals surface area (Å²) >= 11 is 13.4. The number of hydrogen-bond donors (Lipinski definition) is 1. The molecule has 1 amide bonds. The molecule has 204 valence electrons. The highest BCUT2D eigenvalue weighted by Crippen LogP contribution is 2.45. The molecule has 1 saturated heterocycles. The molecule has 3 heterocycles. The number of methoxy groups -OCH3 is 2. The molecule has 0 saturated carbocycles. The molecule has 12 heteroatoms. The third-order valence-electron chi connectivity index (χ3n) is 6.92. The first-order valence-corrected chi connectivity index (χ1v) is 13.1. The second kappa shape index (κ2) is 11.3. The third-order valence-corrected chi connectivity index (χ3v) is 7.67. The van der Waals surface area contributed by atoms with Crippen LogP contribution in [0, 0.1) is 0 Å². The zero-order valence-corrected chi connectivity index (χ0v) is 23.9. The Balaban J connectivity index is 1.84. The van der Waals surface area contributed by atoms with Crippen LogP contribution in [0.15, 0.2) is 23.1 Å². The number of benzene rings is 1. The van der Waals surface area contributed by atoms with Crippen molar-refractivity contribution in [2.75, 3.05) is 46.2 Å². The second-order valence-corrected chi connectivity index (χ2v) is 10.2. The zero-order chi connectivity index (χ0) is 27.7.